The number of rotatable bonds is 1. The molecule has 0 amide bonds. The number of carbonyl (C=O) groups is 1. The van der Waals surface area contributed by atoms with Gasteiger partial charge in [0.25, 0.3) is 0 Å². The van der Waals surface area contributed by atoms with Gasteiger partial charge in [-0.25, -0.2) is 4.79 Å². The third-order valence-electron chi connectivity index (χ3n) is 5.99. The molecule has 0 aromatic heterocycles. The maximum absolute atomic E-state index is 11.3. The summed E-state index contributed by atoms with van der Waals surface area (Å²) in [6, 6.07) is 0. The number of fused-ring (bicyclic) bond motifs is 1. The molecule has 0 saturated heterocycles. The quantitative estimate of drug-likeness (QED) is 0.752. The van der Waals surface area contributed by atoms with Crippen molar-refractivity contribution >= 4 is 5.97 Å². The smallest absolute Gasteiger partial charge is 0.331 e. The molecule has 94 valence electrons. The highest BCUT2D eigenvalue weighted by Crippen LogP contribution is 2.66. The van der Waals surface area contributed by atoms with E-state index in [1.165, 1.54) is 25.7 Å². The summed E-state index contributed by atoms with van der Waals surface area (Å²) in [5.74, 6) is 0.186. The summed E-state index contributed by atoms with van der Waals surface area (Å²) in [5, 5.41) is 9.31. The van der Waals surface area contributed by atoms with Crippen molar-refractivity contribution in [3.8, 4) is 0 Å². The third-order valence-corrected chi connectivity index (χ3v) is 5.99. The van der Waals surface area contributed by atoms with Crippen molar-refractivity contribution in [3.63, 3.8) is 0 Å². The maximum Gasteiger partial charge on any atom is 0.331 e. The van der Waals surface area contributed by atoms with Crippen LogP contribution in [0.1, 0.15) is 52.4 Å². The van der Waals surface area contributed by atoms with E-state index in [2.05, 4.69) is 19.9 Å². The van der Waals surface area contributed by atoms with Crippen LogP contribution in [0.5, 0.6) is 0 Å². The Balaban J connectivity index is 2.05. The Labute approximate surface area is 103 Å². The SMILES string of the molecule is CC1(C)CCC[C@@H]2C=C(C(=O)O)[C@H]3CC[C@]21C3. The molecule has 0 aliphatic heterocycles. The number of carboxylic acids is 1. The van der Waals surface area contributed by atoms with Crippen molar-refractivity contribution < 1.29 is 9.90 Å². The minimum atomic E-state index is -0.672. The highest BCUT2D eigenvalue weighted by Gasteiger charge is 2.58. The molecule has 2 heteroatoms. The molecule has 17 heavy (non-hydrogen) atoms. The Morgan fingerprint density at radius 1 is 1.35 bits per heavy atom. The zero-order valence-electron chi connectivity index (χ0n) is 10.8. The first-order valence-corrected chi connectivity index (χ1v) is 6.91. The lowest BCUT2D eigenvalue weighted by Gasteiger charge is -2.54. The number of allylic oxidation sites excluding steroid dienone is 1. The summed E-state index contributed by atoms with van der Waals surface area (Å²) in [4.78, 5) is 11.3. The fraction of sp³-hybridized carbons (Fsp3) is 0.800. The second-order valence-corrected chi connectivity index (χ2v) is 6.91. The van der Waals surface area contributed by atoms with Gasteiger partial charge in [-0.3, -0.25) is 0 Å². The van der Waals surface area contributed by atoms with Crippen LogP contribution in [0.4, 0.5) is 0 Å². The van der Waals surface area contributed by atoms with Gasteiger partial charge < -0.3 is 5.11 Å². The van der Waals surface area contributed by atoms with Gasteiger partial charge in [0.15, 0.2) is 0 Å². The van der Waals surface area contributed by atoms with Crippen LogP contribution in [0, 0.1) is 22.7 Å². The lowest BCUT2D eigenvalue weighted by atomic mass is 9.50. The highest BCUT2D eigenvalue weighted by atomic mass is 16.4. The van der Waals surface area contributed by atoms with Crippen LogP contribution in [0.3, 0.4) is 0 Å². The Hall–Kier alpha value is -0.790. The first-order chi connectivity index (χ1) is 7.96. The van der Waals surface area contributed by atoms with Crippen molar-refractivity contribution in [1.29, 1.82) is 0 Å². The van der Waals surface area contributed by atoms with E-state index in [1.54, 1.807) is 0 Å². The van der Waals surface area contributed by atoms with E-state index in [4.69, 9.17) is 0 Å². The zero-order chi connectivity index (χ0) is 12.3. The van der Waals surface area contributed by atoms with E-state index in [0.29, 0.717) is 22.7 Å². The zero-order valence-corrected chi connectivity index (χ0v) is 10.8. The van der Waals surface area contributed by atoms with Crippen LogP contribution < -0.4 is 0 Å². The van der Waals surface area contributed by atoms with E-state index in [-0.39, 0.29) is 0 Å². The molecule has 1 N–H and O–H groups in total. The van der Waals surface area contributed by atoms with E-state index >= 15 is 0 Å². The monoisotopic (exact) mass is 234 g/mol. The first-order valence-electron chi connectivity index (χ1n) is 6.91. The number of hydrogen-bond acceptors (Lipinski definition) is 1. The molecule has 3 aliphatic rings. The second kappa shape index (κ2) is 3.37. The Morgan fingerprint density at radius 2 is 2.12 bits per heavy atom. The van der Waals surface area contributed by atoms with Crippen molar-refractivity contribution in [2.45, 2.75) is 52.4 Å². The lowest BCUT2D eigenvalue weighted by Crippen LogP contribution is -2.46. The van der Waals surface area contributed by atoms with Crippen LogP contribution in [-0.2, 0) is 4.79 Å². The molecule has 2 fully saturated rings. The normalized spacial score (nSPS) is 42.8. The standard InChI is InChI=1S/C15H22O2/c1-14(2)6-3-4-11-8-12(13(16)17)10-5-7-15(11,14)9-10/h8,10-11H,3-7,9H2,1-2H3,(H,16,17)/t10-,11+,15-/m0/s1. The predicted octanol–water partition coefficient (Wildman–Crippen LogP) is 3.62. The minimum absolute atomic E-state index is 0.334. The van der Waals surface area contributed by atoms with Gasteiger partial charge in [0.05, 0.1) is 0 Å². The van der Waals surface area contributed by atoms with E-state index < -0.39 is 5.97 Å². The molecule has 3 aliphatic carbocycles. The van der Waals surface area contributed by atoms with E-state index in [0.717, 1.165) is 18.4 Å². The summed E-state index contributed by atoms with van der Waals surface area (Å²) >= 11 is 0. The largest absolute Gasteiger partial charge is 0.478 e. The molecule has 0 aromatic rings. The summed E-state index contributed by atoms with van der Waals surface area (Å²) in [6.45, 7) is 4.81. The summed E-state index contributed by atoms with van der Waals surface area (Å²) in [7, 11) is 0. The second-order valence-electron chi connectivity index (χ2n) is 6.91. The van der Waals surface area contributed by atoms with Gasteiger partial charge in [0.1, 0.15) is 0 Å². The van der Waals surface area contributed by atoms with Gasteiger partial charge in [0, 0.05) is 5.57 Å². The fourth-order valence-corrected chi connectivity index (χ4v) is 4.93. The summed E-state index contributed by atoms with van der Waals surface area (Å²) in [5.41, 5.74) is 1.53. The van der Waals surface area contributed by atoms with E-state index in [1.807, 2.05) is 0 Å². The molecule has 0 heterocycles. The number of carboxylic acid groups (broad SMARTS) is 1. The topological polar surface area (TPSA) is 37.3 Å². The third kappa shape index (κ3) is 1.36. The summed E-state index contributed by atoms with van der Waals surface area (Å²) < 4.78 is 0. The van der Waals surface area contributed by atoms with Crippen LogP contribution in [-0.4, -0.2) is 11.1 Å². The molecule has 0 aromatic carbocycles. The summed E-state index contributed by atoms with van der Waals surface area (Å²) in [6.07, 6.45) is 9.36. The molecule has 3 atom stereocenters. The van der Waals surface area contributed by atoms with Crippen LogP contribution in [0.25, 0.3) is 0 Å². The van der Waals surface area contributed by atoms with Crippen LogP contribution in [0.2, 0.25) is 0 Å². The lowest BCUT2D eigenvalue weighted by molar-refractivity contribution is -0.133. The Bertz CT molecular complexity index is 394. The van der Waals surface area contributed by atoms with Crippen molar-refractivity contribution in [1.82, 2.24) is 0 Å². The van der Waals surface area contributed by atoms with Gasteiger partial charge in [0.2, 0.25) is 0 Å². The molecule has 0 unspecified atom stereocenters. The molecule has 3 rings (SSSR count). The van der Waals surface area contributed by atoms with Crippen LogP contribution >= 0.6 is 0 Å². The maximum atomic E-state index is 11.3. The minimum Gasteiger partial charge on any atom is -0.478 e. The molecule has 2 nitrogen and oxygen atoms in total. The Kier molecular flexibility index (Phi) is 2.24. The van der Waals surface area contributed by atoms with Gasteiger partial charge in [-0.05, 0) is 54.8 Å². The average molecular weight is 234 g/mol. The average Bonchev–Trinajstić information content (AvgIpc) is 2.61. The van der Waals surface area contributed by atoms with Gasteiger partial charge in [-0.1, -0.05) is 26.3 Å². The van der Waals surface area contributed by atoms with Crippen molar-refractivity contribution in [3.05, 3.63) is 11.6 Å². The molecular formula is C15H22O2. The van der Waals surface area contributed by atoms with Crippen LogP contribution in [0.15, 0.2) is 11.6 Å². The van der Waals surface area contributed by atoms with Gasteiger partial charge >= 0.3 is 5.97 Å². The molecule has 2 bridgehead atoms. The number of hydrogen-bond donors (Lipinski definition) is 1. The van der Waals surface area contributed by atoms with Gasteiger partial charge in [-0.2, -0.15) is 0 Å². The van der Waals surface area contributed by atoms with Crippen molar-refractivity contribution in [2.75, 3.05) is 0 Å². The van der Waals surface area contributed by atoms with Crippen molar-refractivity contribution in [2.24, 2.45) is 22.7 Å². The van der Waals surface area contributed by atoms with Gasteiger partial charge in [-0.15, -0.1) is 0 Å². The highest BCUT2D eigenvalue weighted by molar-refractivity contribution is 5.87. The molecule has 0 radical (unpaired) electrons. The molecular weight excluding hydrogens is 212 g/mol. The number of aliphatic carboxylic acids is 1. The fourth-order valence-electron chi connectivity index (χ4n) is 4.93. The predicted molar refractivity (Wildman–Crippen MR) is 66.6 cm³/mol. The molecule has 1 spiro atoms. The molecule has 2 saturated carbocycles. The Morgan fingerprint density at radius 3 is 2.82 bits per heavy atom. The first kappa shape index (κ1) is 11.3. The van der Waals surface area contributed by atoms with E-state index in [9.17, 15) is 9.90 Å².